The SMILES string of the molecule is CC(NC(=O)C1CCCC1C(=O)O)C1CCCC1. The fourth-order valence-corrected chi connectivity index (χ4v) is 3.48. The predicted molar refractivity (Wildman–Crippen MR) is 68.0 cm³/mol. The molecule has 2 rings (SSSR count). The van der Waals surface area contributed by atoms with Crippen molar-refractivity contribution in [2.24, 2.45) is 17.8 Å². The molecule has 0 radical (unpaired) electrons. The summed E-state index contributed by atoms with van der Waals surface area (Å²) in [7, 11) is 0. The summed E-state index contributed by atoms with van der Waals surface area (Å²) in [6.07, 6.45) is 7.11. The van der Waals surface area contributed by atoms with Crippen LogP contribution in [0.25, 0.3) is 0 Å². The molecule has 1 amide bonds. The minimum Gasteiger partial charge on any atom is -0.481 e. The van der Waals surface area contributed by atoms with E-state index in [1.54, 1.807) is 0 Å². The van der Waals surface area contributed by atoms with Gasteiger partial charge in [0.25, 0.3) is 0 Å². The first-order valence-corrected chi connectivity index (χ1v) is 7.12. The molecule has 0 heterocycles. The summed E-state index contributed by atoms with van der Waals surface area (Å²) in [4.78, 5) is 23.2. The third kappa shape index (κ3) is 2.85. The quantitative estimate of drug-likeness (QED) is 0.807. The Kier molecular flexibility index (Phi) is 4.25. The molecule has 0 saturated heterocycles. The van der Waals surface area contributed by atoms with Crippen LogP contribution >= 0.6 is 0 Å². The molecule has 0 aromatic carbocycles. The Morgan fingerprint density at radius 2 is 1.67 bits per heavy atom. The lowest BCUT2D eigenvalue weighted by Gasteiger charge is -2.23. The molecule has 0 aromatic heterocycles. The van der Waals surface area contributed by atoms with E-state index in [0.29, 0.717) is 12.3 Å². The number of carbonyl (C=O) groups is 2. The van der Waals surface area contributed by atoms with E-state index in [1.807, 2.05) is 0 Å². The topological polar surface area (TPSA) is 66.4 Å². The second-order valence-corrected chi connectivity index (χ2v) is 5.82. The van der Waals surface area contributed by atoms with Crippen LogP contribution in [0, 0.1) is 17.8 Å². The highest BCUT2D eigenvalue weighted by Gasteiger charge is 2.38. The van der Waals surface area contributed by atoms with Gasteiger partial charge in [-0.15, -0.1) is 0 Å². The molecular weight excluding hydrogens is 230 g/mol. The van der Waals surface area contributed by atoms with Gasteiger partial charge in [-0.3, -0.25) is 9.59 Å². The zero-order valence-electron chi connectivity index (χ0n) is 11.0. The van der Waals surface area contributed by atoms with Crippen molar-refractivity contribution in [1.29, 1.82) is 0 Å². The number of carboxylic acids is 1. The summed E-state index contributed by atoms with van der Waals surface area (Å²) < 4.78 is 0. The van der Waals surface area contributed by atoms with Crippen LogP contribution in [0.1, 0.15) is 51.9 Å². The first-order valence-electron chi connectivity index (χ1n) is 7.12. The normalized spacial score (nSPS) is 30.3. The highest BCUT2D eigenvalue weighted by Crippen LogP contribution is 2.33. The largest absolute Gasteiger partial charge is 0.481 e. The number of amides is 1. The van der Waals surface area contributed by atoms with Gasteiger partial charge >= 0.3 is 5.97 Å². The minimum absolute atomic E-state index is 0.0423. The zero-order valence-corrected chi connectivity index (χ0v) is 11.0. The maximum atomic E-state index is 12.2. The second-order valence-electron chi connectivity index (χ2n) is 5.82. The van der Waals surface area contributed by atoms with Crippen molar-refractivity contribution >= 4 is 11.9 Å². The van der Waals surface area contributed by atoms with Gasteiger partial charge in [0.1, 0.15) is 0 Å². The summed E-state index contributed by atoms with van der Waals surface area (Å²) in [5, 5.41) is 12.1. The molecule has 18 heavy (non-hydrogen) atoms. The first kappa shape index (κ1) is 13.4. The molecule has 4 heteroatoms. The maximum Gasteiger partial charge on any atom is 0.307 e. The van der Waals surface area contributed by atoms with Crippen molar-refractivity contribution in [2.75, 3.05) is 0 Å². The van der Waals surface area contributed by atoms with E-state index in [2.05, 4.69) is 12.2 Å². The summed E-state index contributed by atoms with van der Waals surface area (Å²) in [6.45, 7) is 2.05. The summed E-state index contributed by atoms with van der Waals surface area (Å²) in [5.41, 5.74) is 0. The number of hydrogen-bond acceptors (Lipinski definition) is 2. The van der Waals surface area contributed by atoms with Gasteiger partial charge in [-0.1, -0.05) is 19.3 Å². The molecule has 2 fully saturated rings. The van der Waals surface area contributed by atoms with Crippen LogP contribution in [-0.2, 0) is 9.59 Å². The molecule has 2 N–H and O–H groups in total. The second kappa shape index (κ2) is 5.72. The zero-order chi connectivity index (χ0) is 13.1. The Morgan fingerprint density at radius 1 is 1.06 bits per heavy atom. The molecular formula is C14H23NO3. The lowest BCUT2D eigenvalue weighted by atomic mass is 9.93. The van der Waals surface area contributed by atoms with Crippen LogP contribution in [0.3, 0.4) is 0 Å². The van der Waals surface area contributed by atoms with E-state index in [4.69, 9.17) is 5.11 Å². The Hall–Kier alpha value is -1.06. The minimum atomic E-state index is -0.818. The Labute approximate surface area is 108 Å². The highest BCUT2D eigenvalue weighted by molar-refractivity contribution is 5.85. The summed E-state index contributed by atoms with van der Waals surface area (Å²) in [6, 6.07) is 0.190. The number of carboxylic acid groups (broad SMARTS) is 1. The Bertz CT molecular complexity index is 323. The van der Waals surface area contributed by atoms with Gasteiger partial charge in [-0.05, 0) is 38.5 Å². The number of carbonyl (C=O) groups excluding carboxylic acids is 1. The molecule has 3 atom stereocenters. The third-order valence-corrected chi connectivity index (χ3v) is 4.65. The molecule has 2 saturated carbocycles. The lowest BCUT2D eigenvalue weighted by molar-refractivity contribution is -0.146. The average Bonchev–Trinajstić information content (AvgIpc) is 3.00. The van der Waals surface area contributed by atoms with Crippen molar-refractivity contribution in [2.45, 2.75) is 57.9 Å². The predicted octanol–water partition coefficient (Wildman–Crippen LogP) is 2.18. The van der Waals surface area contributed by atoms with Crippen molar-refractivity contribution in [3.63, 3.8) is 0 Å². The number of hydrogen-bond donors (Lipinski definition) is 2. The van der Waals surface area contributed by atoms with Gasteiger partial charge in [0, 0.05) is 6.04 Å². The van der Waals surface area contributed by atoms with Gasteiger partial charge in [0.15, 0.2) is 0 Å². The van der Waals surface area contributed by atoms with E-state index in [1.165, 1.54) is 25.7 Å². The van der Waals surface area contributed by atoms with E-state index in [0.717, 1.165) is 12.8 Å². The number of nitrogens with one attached hydrogen (secondary N) is 1. The third-order valence-electron chi connectivity index (χ3n) is 4.65. The highest BCUT2D eigenvalue weighted by atomic mass is 16.4. The fraction of sp³-hybridized carbons (Fsp3) is 0.857. The summed E-state index contributed by atoms with van der Waals surface area (Å²) >= 11 is 0. The van der Waals surface area contributed by atoms with Gasteiger partial charge < -0.3 is 10.4 Å². The average molecular weight is 253 g/mol. The van der Waals surface area contributed by atoms with E-state index in [9.17, 15) is 9.59 Å². The molecule has 2 aliphatic carbocycles. The lowest BCUT2D eigenvalue weighted by Crippen LogP contribution is -2.42. The molecule has 0 spiro atoms. The van der Waals surface area contributed by atoms with E-state index in [-0.39, 0.29) is 17.9 Å². The van der Waals surface area contributed by atoms with Crippen LogP contribution in [0.5, 0.6) is 0 Å². The van der Waals surface area contributed by atoms with Crippen LogP contribution in [0.2, 0.25) is 0 Å². The number of aliphatic carboxylic acids is 1. The van der Waals surface area contributed by atoms with Gasteiger partial charge in [-0.25, -0.2) is 0 Å². The Balaban J connectivity index is 1.88. The molecule has 4 nitrogen and oxygen atoms in total. The van der Waals surface area contributed by atoms with E-state index < -0.39 is 11.9 Å². The van der Waals surface area contributed by atoms with Crippen LogP contribution < -0.4 is 5.32 Å². The molecule has 0 bridgehead atoms. The Morgan fingerprint density at radius 3 is 2.28 bits per heavy atom. The van der Waals surface area contributed by atoms with Gasteiger partial charge in [0.05, 0.1) is 11.8 Å². The molecule has 0 aliphatic heterocycles. The van der Waals surface area contributed by atoms with Gasteiger partial charge in [0.2, 0.25) is 5.91 Å². The van der Waals surface area contributed by atoms with Crippen LogP contribution in [0.4, 0.5) is 0 Å². The van der Waals surface area contributed by atoms with Crippen molar-refractivity contribution in [1.82, 2.24) is 5.32 Å². The van der Waals surface area contributed by atoms with Crippen LogP contribution in [-0.4, -0.2) is 23.0 Å². The molecule has 3 unspecified atom stereocenters. The monoisotopic (exact) mass is 253 g/mol. The molecule has 2 aliphatic rings. The maximum absolute atomic E-state index is 12.2. The number of rotatable bonds is 4. The first-order chi connectivity index (χ1) is 8.59. The van der Waals surface area contributed by atoms with Crippen molar-refractivity contribution in [3.05, 3.63) is 0 Å². The molecule has 0 aromatic rings. The van der Waals surface area contributed by atoms with Gasteiger partial charge in [-0.2, -0.15) is 0 Å². The summed E-state index contributed by atoms with van der Waals surface area (Å²) in [5.74, 6) is -1.06. The van der Waals surface area contributed by atoms with Crippen molar-refractivity contribution in [3.8, 4) is 0 Å². The van der Waals surface area contributed by atoms with Crippen LogP contribution in [0.15, 0.2) is 0 Å². The van der Waals surface area contributed by atoms with Crippen molar-refractivity contribution < 1.29 is 14.7 Å². The standard InChI is InChI=1S/C14H23NO3/c1-9(10-5-2-3-6-10)15-13(16)11-7-4-8-12(11)14(17)18/h9-12H,2-8H2,1H3,(H,15,16)(H,17,18). The fourth-order valence-electron chi connectivity index (χ4n) is 3.48. The smallest absolute Gasteiger partial charge is 0.307 e. The van der Waals surface area contributed by atoms with E-state index >= 15 is 0 Å². The molecule has 102 valence electrons.